The third-order valence-electron chi connectivity index (χ3n) is 12.9. The number of phenols is 1. The number of methoxy groups -OCH3 is 2. The monoisotopic (exact) mass is 782 g/mol. The Labute approximate surface area is 339 Å². The number of ether oxygens (including phenoxy) is 2. The van der Waals surface area contributed by atoms with Gasteiger partial charge < -0.3 is 19.0 Å². The van der Waals surface area contributed by atoms with Crippen LogP contribution in [0.1, 0.15) is 35.4 Å². The molecule has 10 nitrogen and oxygen atoms in total. The zero-order valence-corrected chi connectivity index (χ0v) is 32.2. The maximum Gasteiger partial charge on any atom is 0.238 e. The number of para-hydroxylation sites is 2. The normalized spacial score (nSPS) is 24.9. The predicted octanol–water partition coefficient (Wildman–Crippen LogP) is 8.25. The Morgan fingerprint density at radius 3 is 2.10 bits per heavy atom. The van der Waals surface area contributed by atoms with Gasteiger partial charge in [-0.1, -0.05) is 84.4 Å². The lowest BCUT2D eigenvalue weighted by Crippen LogP contribution is -2.59. The van der Waals surface area contributed by atoms with Crippen molar-refractivity contribution in [1.82, 2.24) is 4.98 Å². The summed E-state index contributed by atoms with van der Waals surface area (Å²) in [7, 11) is 2.95. The number of carbonyl (C=O) groups excluding carboxylic acids is 4. The maximum atomic E-state index is 15.4. The van der Waals surface area contributed by atoms with E-state index in [4.69, 9.17) is 13.9 Å². The van der Waals surface area contributed by atoms with Crippen LogP contribution < -0.4 is 14.4 Å². The van der Waals surface area contributed by atoms with Crippen LogP contribution in [0, 0.1) is 23.7 Å². The highest BCUT2D eigenvalue weighted by atomic mass is 16.5. The van der Waals surface area contributed by atoms with E-state index in [0.29, 0.717) is 45.0 Å². The summed E-state index contributed by atoms with van der Waals surface area (Å²) >= 11 is 0. The minimum atomic E-state index is -1.50. The van der Waals surface area contributed by atoms with Gasteiger partial charge >= 0.3 is 0 Å². The molecule has 4 aliphatic rings. The van der Waals surface area contributed by atoms with Crippen LogP contribution in [0.3, 0.4) is 0 Å². The molecule has 1 aliphatic heterocycles. The zero-order valence-electron chi connectivity index (χ0n) is 32.2. The van der Waals surface area contributed by atoms with Crippen molar-refractivity contribution < 1.29 is 38.2 Å². The van der Waals surface area contributed by atoms with Gasteiger partial charge in [-0.05, 0) is 72.4 Å². The van der Waals surface area contributed by atoms with Crippen molar-refractivity contribution >= 4 is 45.7 Å². The summed E-state index contributed by atoms with van der Waals surface area (Å²) in [5.74, 6) is -4.34. The molecule has 10 rings (SSSR count). The van der Waals surface area contributed by atoms with Crippen molar-refractivity contribution in [2.24, 2.45) is 23.7 Å². The number of hydrogen-bond donors (Lipinski definition) is 1. The Bertz CT molecular complexity index is 2710. The van der Waals surface area contributed by atoms with Gasteiger partial charge in [-0.25, -0.2) is 4.98 Å². The van der Waals surface area contributed by atoms with Gasteiger partial charge in [0.15, 0.2) is 17.1 Å². The molecule has 0 spiro atoms. The third-order valence-corrected chi connectivity index (χ3v) is 12.9. The molecule has 292 valence electrons. The number of aromatic nitrogens is 1. The summed E-state index contributed by atoms with van der Waals surface area (Å²) in [5.41, 5.74) is 3.74. The van der Waals surface area contributed by atoms with Gasteiger partial charge in [0, 0.05) is 40.7 Å². The van der Waals surface area contributed by atoms with Crippen LogP contribution in [0.25, 0.3) is 28.1 Å². The Morgan fingerprint density at radius 2 is 1.42 bits per heavy atom. The summed E-state index contributed by atoms with van der Waals surface area (Å²) in [6, 6.07) is 35.9. The first-order valence-electron chi connectivity index (χ1n) is 19.6. The average molecular weight is 783 g/mol. The lowest BCUT2D eigenvalue weighted by Gasteiger charge is -2.55. The van der Waals surface area contributed by atoms with Crippen molar-refractivity contribution in [1.29, 1.82) is 0 Å². The molecule has 5 aromatic carbocycles. The second kappa shape index (κ2) is 13.8. The van der Waals surface area contributed by atoms with Crippen molar-refractivity contribution in [2.75, 3.05) is 19.1 Å². The summed E-state index contributed by atoms with van der Waals surface area (Å²) < 4.78 is 17.9. The quantitative estimate of drug-likeness (QED) is 0.125. The van der Waals surface area contributed by atoms with Crippen LogP contribution in [0.2, 0.25) is 0 Å². The molecule has 2 heterocycles. The van der Waals surface area contributed by atoms with Gasteiger partial charge in [-0.15, -0.1) is 0 Å². The molecule has 1 N–H and O–H groups in total. The van der Waals surface area contributed by atoms with E-state index in [-0.39, 0.29) is 53.5 Å². The number of benzene rings is 5. The fourth-order valence-corrected chi connectivity index (χ4v) is 10.4. The Morgan fingerprint density at radius 1 is 0.763 bits per heavy atom. The molecule has 59 heavy (non-hydrogen) atoms. The number of hydrogen-bond acceptors (Lipinski definition) is 9. The molecule has 1 saturated carbocycles. The van der Waals surface area contributed by atoms with E-state index < -0.39 is 35.0 Å². The van der Waals surface area contributed by atoms with Crippen LogP contribution in [0.15, 0.2) is 143 Å². The number of imide groups is 1. The number of oxazole rings is 1. The van der Waals surface area contributed by atoms with Gasteiger partial charge in [0.25, 0.3) is 0 Å². The summed E-state index contributed by atoms with van der Waals surface area (Å²) in [6.07, 6.45) is 3.83. The largest absolute Gasteiger partial charge is 0.508 e. The van der Waals surface area contributed by atoms with E-state index in [1.54, 1.807) is 24.3 Å². The van der Waals surface area contributed by atoms with Gasteiger partial charge in [0.05, 0.1) is 37.2 Å². The topological polar surface area (TPSA) is 136 Å². The summed E-state index contributed by atoms with van der Waals surface area (Å²) in [5, 5.41) is 10.8. The first-order valence-corrected chi connectivity index (χ1v) is 19.6. The fraction of sp³-hybridized carbons (Fsp3) is 0.204. The molecule has 2 amide bonds. The lowest BCUT2D eigenvalue weighted by molar-refractivity contribution is -0.135. The van der Waals surface area contributed by atoms with E-state index >= 15 is 9.59 Å². The molecule has 2 fully saturated rings. The smallest absolute Gasteiger partial charge is 0.238 e. The molecule has 6 aromatic rings. The number of rotatable bonds is 7. The highest BCUT2D eigenvalue weighted by molar-refractivity contribution is 6.32. The second-order valence-corrected chi connectivity index (χ2v) is 15.6. The molecule has 10 heteroatoms. The van der Waals surface area contributed by atoms with Gasteiger partial charge in [-0.2, -0.15) is 0 Å². The number of anilines is 1. The fourth-order valence-electron chi connectivity index (χ4n) is 10.4. The number of aromatic hydroxyl groups is 1. The minimum Gasteiger partial charge on any atom is -0.508 e. The Hall–Kier alpha value is -7.07. The number of carbonyl (C=O) groups is 4. The molecule has 0 bridgehead atoms. The van der Waals surface area contributed by atoms with E-state index in [1.165, 1.54) is 37.3 Å². The van der Waals surface area contributed by atoms with E-state index in [1.807, 2.05) is 91.0 Å². The van der Waals surface area contributed by atoms with Crippen LogP contribution >= 0.6 is 0 Å². The maximum absolute atomic E-state index is 15.4. The van der Waals surface area contributed by atoms with Crippen molar-refractivity contribution in [2.45, 2.75) is 24.2 Å². The standard InChI is InChI=1S/C49H38N2O8/c1-57-39-23-31(52)24-40(58-2)43(39)44-32-21-22-33-42(48(56)51(47(33)55)30-19-17-28(18-20-30)46-50-37-15-9-10-16-38(37)59-46)35(32)25-36-45(54)34(27-11-5-3-6-12-27)26-41(53)49(36,44)29-13-7-4-8-14-29/h3-21,23-24,26,33,35-36,42,44,52H,22,25H2,1-2H3/t33-,35+,36-,42-,44+,49-/m0/s1. The van der Waals surface area contributed by atoms with Crippen LogP contribution in [-0.2, 0) is 24.6 Å². The first-order chi connectivity index (χ1) is 28.7. The van der Waals surface area contributed by atoms with Crippen molar-refractivity contribution in [3.63, 3.8) is 0 Å². The predicted molar refractivity (Wildman–Crippen MR) is 220 cm³/mol. The number of allylic oxidation sites excluding steroid dienone is 4. The molecule has 1 aromatic heterocycles. The second-order valence-electron chi connectivity index (χ2n) is 15.6. The SMILES string of the molecule is COc1cc(O)cc(OC)c1[C@H]1C2=CC[C@@H]3C(=O)N(c4ccc(-c5nc6ccccc6o5)cc4)C(=O)[C@@H]3[C@@H]2C[C@H]2C(=O)C(c3ccccc3)=CC(=O)[C@@]12c1ccccc1. The highest BCUT2D eigenvalue weighted by Gasteiger charge is 2.66. The minimum absolute atomic E-state index is 0.107. The molecule has 6 atom stereocenters. The van der Waals surface area contributed by atoms with E-state index in [2.05, 4.69) is 4.98 Å². The third kappa shape index (κ3) is 5.35. The summed E-state index contributed by atoms with van der Waals surface area (Å²) in [4.78, 5) is 66.0. The Balaban J connectivity index is 1.13. The molecular weight excluding hydrogens is 745 g/mol. The molecular formula is C49H38N2O8. The average Bonchev–Trinajstić information content (AvgIpc) is 3.82. The van der Waals surface area contributed by atoms with E-state index in [0.717, 1.165) is 11.1 Å². The van der Waals surface area contributed by atoms with E-state index in [9.17, 15) is 14.7 Å². The molecule has 3 aliphatic carbocycles. The highest BCUT2D eigenvalue weighted by Crippen LogP contribution is 2.66. The van der Waals surface area contributed by atoms with Gasteiger partial charge in [0.2, 0.25) is 17.7 Å². The molecule has 0 unspecified atom stereocenters. The van der Waals surface area contributed by atoms with Gasteiger partial charge in [-0.3, -0.25) is 24.1 Å². The lowest BCUT2D eigenvalue weighted by atomic mass is 9.44. The molecule has 0 radical (unpaired) electrons. The number of phenolic OH excluding ortho intramolecular Hbond substituents is 1. The van der Waals surface area contributed by atoms with Gasteiger partial charge in [0.1, 0.15) is 22.8 Å². The van der Waals surface area contributed by atoms with Crippen LogP contribution in [-0.4, -0.2) is 47.7 Å². The molecule has 1 saturated heterocycles. The van der Waals surface area contributed by atoms with Crippen LogP contribution in [0.5, 0.6) is 17.2 Å². The first kappa shape index (κ1) is 36.3. The summed E-state index contributed by atoms with van der Waals surface area (Å²) in [6.45, 7) is 0. The van der Waals surface area contributed by atoms with Crippen molar-refractivity contribution in [3.05, 3.63) is 156 Å². The number of nitrogens with zero attached hydrogens (tertiary/aromatic N) is 2. The number of ketones is 2. The number of amides is 2. The number of Topliss-reactive ketones (excluding diaryl/α,β-unsaturated/α-hetero) is 1. The number of fused-ring (bicyclic) bond motifs is 5. The Kier molecular flexibility index (Phi) is 8.48. The van der Waals surface area contributed by atoms with Crippen LogP contribution in [0.4, 0.5) is 5.69 Å². The zero-order chi connectivity index (χ0) is 40.6. The van der Waals surface area contributed by atoms with Crippen molar-refractivity contribution in [3.8, 4) is 28.7 Å².